The first-order valence-electron chi connectivity index (χ1n) is 14.0. The van der Waals surface area contributed by atoms with Gasteiger partial charge in [-0.2, -0.15) is 22.0 Å². The molecule has 0 unspecified atom stereocenters. The highest BCUT2D eigenvalue weighted by atomic mass is 19.4. The van der Waals surface area contributed by atoms with Crippen molar-refractivity contribution in [2.75, 3.05) is 6.54 Å². The van der Waals surface area contributed by atoms with Crippen LogP contribution in [0.1, 0.15) is 68.9 Å². The van der Waals surface area contributed by atoms with Crippen molar-refractivity contribution in [2.24, 2.45) is 17.3 Å². The molecule has 0 bridgehead atoms. The normalized spacial score (nSPS) is 31.1. The molecule has 0 saturated heterocycles. The molecule has 5 rings (SSSR count). The summed E-state index contributed by atoms with van der Waals surface area (Å²) in [7, 11) is 0. The minimum absolute atomic E-state index is 0.00861. The van der Waals surface area contributed by atoms with Crippen LogP contribution < -0.4 is 10.6 Å². The Hall–Kier alpha value is -3.28. The molecule has 42 heavy (non-hydrogen) atoms. The van der Waals surface area contributed by atoms with E-state index in [2.05, 4.69) is 10.6 Å². The number of ketones is 1. The van der Waals surface area contributed by atoms with Gasteiger partial charge in [-0.25, -0.2) is 4.79 Å². The van der Waals surface area contributed by atoms with Crippen molar-refractivity contribution in [2.45, 2.75) is 82.0 Å². The number of benzene rings is 1. The molecule has 228 valence electrons. The van der Waals surface area contributed by atoms with Crippen LogP contribution >= 0.6 is 0 Å². The molecule has 2 saturated carbocycles. The van der Waals surface area contributed by atoms with Gasteiger partial charge in [0, 0.05) is 24.3 Å². The van der Waals surface area contributed by atoms with E-state index >= 15 is 8.78 Å². The highest BCUT2D eigenvalue weighted by molar-refractivity contribution is 5.93. The molecule has 0 radical (unpaired) electrons. The predicted octanol–water partition coefficient (Wildman–Crippen LogP) is 5.40. The summed E-state index contributed by atoms with van der Waals surface area (Å²) in [4.78, 5) is 34.6. The molecule has 0 aliphatic heterocycles. The summed E-state index contributed by atoms with van der Waals surface area (Å²) >= 11 is 0. The number of carbonyl (C=O) groups is 3. The molecule has 1 aromatic rings. The number of nitrogens with one attached hydrogen (secondary N) is 2. The van der Waals surface area contributed by atoms with Crippen molar-refractivity contribution in [3.63, 3.8) is 0 Å². The Balaban J connectivity index is 1.52. The zero-order valence-electron chi connectivity index (χ0n) is 23.0. The van der Waals surface area contributed by atoms with Crippen LogP contribution in [0.25, 0.3) is 0 Å². The quantitative estimate of drug-likeness (QED) is 0.329. The fourth-order valence-corrected chi connectivity index (χ4v) is 7.98. The number of aliphatic hydroxyl groups is 1. The van der Waals surface area contributed by atoms with Crippen LogP contribution in [-0.4, -0.2) is 52.2 Å². The zero-order chi connectivity index (χ0) is 30.7. The first-order valence-corrected chi connectivity index (χ1v) is 14.0. The summed E-state index contributed by atoms with van der Waals surface area (Å²) < 4.78 is 71.3. The molecule has 0 aromatic heterocycles. The molecule has 4 aliphatic rings. The lowest BCUT2D eigenvalue weighted by Gasteiger charge is -2.56. The van der Waals surface area contributed by atoms with E-state index in [1.807, 2.05) is 0 Å². The fraction of sp³-hybridized carbons (Fsp3) is 0.567. The maximum absolute atomic E-state index is 15.1. The molecule has 4 N–H and O–H groups in total. The SMILES string of the molecule is C[C@]12C[C@H](c3ccc(CNC(=O)NCC(=O)O)cc3)C3=C4CCC(=O)C=C4CC[C@H]3[C@@H]1CC[C@@]2(O)C(F)(F)C(F)(F)F. The minimum Gasteiger partial charge on any atom is -0.480 e. The number of allylic oxidation sites excluding steroid dienone is 4. The second kappa shape index (κ2) is 10.5. The number of hydrogen-bond donors (Lipinski definition) is 4. The Morgan fingerprint density at radius 3 is 2.36 bits per heavy atom. The maximum atomic E-state index is 15.1. The Morgan fingerprint density at radius 2 is 1.71 bits per heavy atom. The molecule has 0 spiro atoms. The van der Waals surface area contributed by atoms with Gasteiger partial charge in [0.05, 0.1) is 0 Å². The number of fused-ring (bicyclic) bond motifs is 4. The molecular formula is C30H33F5N2O5. The Labute approximate surface area is 239 Å². The standard InChI is InChI=1S/C30H33F5N2O5/c1-27-13-22(17-4-2-16(3-5-17)14-36-26(41)37-15-24(39)40)25-20-9-7-19(38)12-18(20)6-8-21(25)23(27)10-11-28(27,42)29(31,32)30(33,34)35/h2-5,12,21-23,42H,6-11,13-15H2,1H3,(H,39,40)(H2,36,37,41)/t21-,22+,23-,27-,28-/m0/s1. The number of aliphatic carboxylic acids is 1. The highest BCUT2D eigenvalue weighted by Gasteiger charge is 2.79. The number of carboxylic acids is 1. The number of carboxylic acid groups (broad SMARTS) is 1. The third-order valence-electron chi connectivity index (χ3n) is 10.00. The predicted molar refractivity (Wildman–Crippen MR) is 141 cm³/mol. The summed E-state index contributed by atoms with van der Waals surface area (Å²) in [6, 6.07) is 6.22. The van der Waals surface area contributed by atoms with E-state index in [4.69, 9.17) is 5.11 Å². The third-order valence-corrected chi connectivity index (χ3v) is 10.00. The summed E-state index contributed by atoms with van der Waals surface area (Å²) in [6.45, 7) is 0.897. The molecule has 2 fully saturated rings. The number of alkyl halides is 5. The first-order chi connectivity index (χ1) is 19.6. The van der Waals surface area contributed by atoms with Gasteiger partial charge in [-0.3, -0.25) is 9.59 Å². The highest BCUT2D eigenvalue weighted by Crippen LogP contribution is 2.70. The van der Waals surface area contributed by atoms with Gasteiger partial charge in [0.2, 0.25) is 0 Å². The van der Waals surface area contributed by atoms with Crippen molar-refractivity contribution >= 4 is 17.8 Å². The topological polar surface area (TPSA) is 116 Å². The van der Waals surface area contributed by atoms with Crippen LogP contribution in [0.15, 0.2) is 47.1 Å². The van der Waals surface area contributed by atoms with E-state index in [9.17, 15) is 32.7 Å². The average molecular weight is 597 g/mol. The third kappa shape index (κ3) is 4.81. The van der Waals surface area contributed by atoms with Gasteiger partial charge >= 0.3 is 24.1 Å². The number of hydrogen-bond acceptors (Lipinski definition) is 4. The lowest BCUT2D eigenvalue weighted by molar-refractivity contribution is -0.362. The molecule has 12 heteroatoms. The number of carbonyl (C=O) groups excluding carboxylic acids is 2. The molecule has 4 aliphatic carbocycles. The summed E-state index contributed by atoms with van der Waals surface area (Å²) in [5, 5.41) is 24.7. The number of rotatable bonds is 6. The van der Waals surface area contributed by atoms with Gasteiger partial charge in [0.25, 0.3) is 0 Å². The Morgan fingerprint density at radius 1 is 1.02 bits per heavy atom. The van der Waals surface area contributed by atoms with Crippen molar-refractivity contribution in [3.05, 3.63) is 58.2 Å². The second-order valence-electron chi connectivity index (χ2n) is 12.1. The van der Waals surface area contributed by atoms with Gasteiger partial charge < -0.3 is 20.8 Å². The van der Waals surface area contributed by atoms with Crippen LogP contribution in [-0.2, 0) is 16.1 Å². The van der Waals surface area contributed by atoms with Crippen LogP contribution in [0.2, 0.25) is 0 Å². The van der Waals surface area contributed by atoms with E-state index < -0.39 is 59.9 Å². The van der Waals surface area contributed by atoms with Gasteiger partial charge in [-0.1, -0.05) is 36.8 Å². The molecule has 5 atom stereocenters. The summed E-state index contributed by atoms with van der Waals surface area (Å²) in [6.07, 6.45) is -3.23. The summed E-state index contributed by atoms with van der Waals surface area (Å²) in [5.41, 5.74) is -0.815. The molecule has 0 heterocycles. The van der Waals surface area contributed by atoms with Crippen LogP contribution in [0.5, 0.6) is 0 Å². The average Bonchev–Trinajstić information content (AvgIpc) is 3.21. The van der Waals surface area contributed by atoms with E-state index in [-0.39, 0.29) is 31.1 Å². The zero-order valence-corrected chi connectivity index (χ0v) is 23.0. The van der Waals surface area contributed by atoms with Crippen molar-refractivity contribution < 1.29 is 46.5 Å². The number of urea groups is 1. The Kier molecular flexibility index (Phi) is 7.52. The minimum atomic E-state index is -5.91. The lowest BCUT2D eigenvalue weighted by Crippen LogP contribution is -2.65. The first kappa shape index (κ1) is 30.2. The fourth-order valence-electron chi connectivity index (χ4n) is 7.98. The van der Waals surface area contributed by atoms with Crippen LogP contribution in [0, 0.1) is 17.3 Å². The van der Waals surface area contributed by atoms with E-state index in [0.29, 0.717) is 36.8 Å². The smallest absolute Gasteiger partial charge is 0.456 e. The molecular weight excluding hydrogens is 563 g/mol. The lowest BCUT2D eigenvalue weighted by atomic mass is 9.50. The second-order valence-corrected chi connectivity index (χ2v) is 12.1. The van der Waals surface area contributed by atoms with Gasteiger partial charge in [0.1, 0.15) is 12.1 Å². The van der Waals surface area contributed by atoms with E-state index in [1.54, 1.807) is 30.3 Å². The van der Waals surface area contributed by atoms with Crippen molar-refractivity contribution in [1.82, 2.24) is 10.6 Å². The van der Waals surface area contributed by atoms with Gasteiger partial charge in [0.15, 0.2) is 5.78 Å². The largest absolute Gasteiger partial charge is 0.480 e. The molecule has 7 nitrogen and oxygen atoms in total. The van der Waals surface area contributed by atoms with Crippen molar-refractivity contribution in [3.8, 4) is 0 Å². The maximum Gasteiger partial charge on any atom is 0.456 e. The van der Waals surface area contributed by atoms with E-state index in [0.717, 1.165) is 16.7 Å². The Bertz CT molecular complexity index is 1350. The molecule has 1 aromatic carbocycles. The van der Waals surface area contributed by atoms with Crippen LogP contribution in [0.4, 0.5) is 26.7 Å². The summed E-state index contributed by atoms with van der Waals surface area (Å²) in [5.74, 6) is -7.94. The number of halogens is 5. The molecule has 2 amide bonds. The number of amides is 2. The van der Waals surface area contributed by atoms with Crippen molar-refractivity contribution in [1.29, 1.82) is 0 Å². The van der Waals surface area contributed by atoms with Gasteiger partial charge in [-0.05, 0) is 78.7 Å². The van der Waals surface area contributed by atoms with Gasteiger partial charge in [-0.15, -0.1) is 0 Å². The monoisotopic (exact) mass is 596 g/mol. The van der Waals surface area contributed by atoms with Crippen LogP contribution in [0.3, 0.4) is 0 Å². The van der Waals surface area contributed by atoms with E-state index in [1.165, 1.54) is 6.92 Å².